The molecule has 2 fully saturated rings. The molecule has 116 valence electrons. The molecule has 1 aromatic carbocycles. The standard InChI is InChI=1S/C17H26N2O2/c1-3-21-16-12-15(17(16)20-2)18-13-6-8-14(9-7-13)19-10-4-5-11-19/h6-9,15-18H,3-5,10-12H2,1-2H3. The van der Waals surface area contributed by atoms with Crippen LogP contribution in [0.15, 0.2) is 24.3 Å². The monoisotopic (exact) mass is 290 g/mol. The van der Waals surface area contributed by atoms with Crippen molar-refractivity contribution in [1.29, 1.82) is 0 Å². The van der Waals surface area contributed by atoms with Gasteiger partial charge in [0, 0.05) is 38.2 Å². The molecule has 1 saturated carbocycles. The van der Waals surface area contributed by atoms with Gasteiger partial charge in [0.1, 0.15) is 6.10 Å². The van der Waals surface area contributed by atoms with Gasteiger partial charge in [-0.05, 0) is 50.5 Å². The van der Waals surface area contributed by atoms with Gasteiger partial charge in [0.15, 0.2) is 0 Å². The number of nitrogens with zero attached hydrogens (tertiary/aromatic N) is 1. The van der Waals surface area contributed by atoms with E-state index in [1.54, 1.807) is 7.11 Å². The average Bonchev–Trinajstić information content (AvgIpc) is 3.01. The number of hydrogen-bond acceptors (Lipinski definition) is 4. The third-order valence-electron chi connectivity index (χ3n) is 4.59. The highest BCUT2D eigenvalue weighted by molar-refractivity contribution is 5.56. The first-order valence-electron chi connectivity index (χ1n) is 8.07. The molecule has 4 heteroatoms. The van der Waals surface area contributed by atoms with Crippen LogP contribution in [0.5, 0.6) is 0 Å². The van der Waals surface area contributed by atoms with Gasteiger partial charge in [-0.1, -0.05) is 0 Å². The first-order chi connectivity index (χ1) is 10.3. The van der Waals surface area contributed by atoms with E-state index >= 15 is 0 Å². The van der Waals surface area contributed by atoms with Crippen LogP contribution in [0.4, 0.5) is 11.4 Å². The summed E-state index contributed by atoms with van der Waals surface area (Å²) < 4.78 is 11.2. The lowest BCUT2D eigenvalue weighted by molar-refractivity contribution is -0.118. The zero-order valence-corrected chi connectivity index (χ0v) is 13.0. The van der Waals surface area contributed by atoms with Crippen molar-refractivity contribution in [1.82, 2.24) is 0 Å². The van der Waals surface area contributed by atoms with Crippen LogP contribution in [0.25, 0.3) is 0 Å². The van der Waals surface area contributed by atoms with Crippen molar-refractivity contribution >= 4 is 11.4 Å². The molecule has 3 atom stereocenters. The maximum Gasteiger partial charge on any atom is 0.103 e. The van der Waals surface area contributed by atoms with Gasteiger partial charge < -0.3 is 19.7 Å². The number of benzene rings is 1. The van der Waals surface area contributed by atoms with E-state index in [2.05, 4.69) is 34.5 Å². The SMILES string of the molecule is CCOC1CC(Nc2ccc(N3CCCC3)cc2)C1OC. The third kappa shape index (κ3) is 3.16. The second-order valence-corrected chi connectivity index (χ2v) is 5.92. The van der Waals surface area contributed by atoms with Gasteiger partial charge in [0.25, 0.3) is 0 Å². The highest BCUT2D eigenvalue weighted by Gasteiger charge is 2.42. The molecular formula is C17H26N2O2. The van der Waals surface area contributed by atoms with Gasteiger partial charge in [-0.15, -0.1) is 0 Å². The van der Waals surface area contributed by atoms with Crippen LogP contribution < -0.4 is 10.2 Å². The summed E-state index contributed by atoms with van der Waals surface area (Å²) in [5.74, 6) is 0. The molecule has 3 unspecified atom stereocenters. The summed E-state index contributed by atoms with van der Waals surface area (Å²) in [4.78, 5) is 2.45. The van der Waals surface area contributed by atoms with E-state index in [0.717, 1.165) is 13.0 Å². The molecule has 1 N–H and O–H groups in total. The van der Waals surface area contributed by atoms with Crippen molar-refractivity contribution < 1.29 is 9.47 Å². The predicted molar refractivity (Wildman–Crippen MR) is 86.1 cm³/mol. The van der Waals surface area contributed by atoms with Crippen LogP contribution in [0.1, 0.15) is 26.2 Å². The molecule has 3 rings (SSSR count). The van der Waals surface area contributed by atoms with E-state index in [4.69, 9.17) is 9.47 Å². The first kappa shape index (κ1) is 14.7. The van der Waals surface area contributed by atoms with Crippen LogP contribution in [-0.2, 0) is 9.47 Å². The Bertz CT molecular complexity index is 443. The van der Waals surface area contributed by atoms with Crippen LogP contribution >= 0.6 is 0 Å². The molecule has 1 heterocycles. The molecular weight excluding hydrogens is 264 g/mol. The Labute approximate surface area is 127 Å². The van der Waals surface area contributed by atoms with Crippen molar-refractivity contribution in [2.45, 2.75) is 44.4 Å². The smallest absolute Gasteiger partial charge is 0.103 e. The van der Waals surface area contributed by atoms with E-state index in [1.807, 2.05) is 6.92 Å². The molecule has 0 radical (unpaired) electrons. The fraction of sp³-hybridized carbons (Fsp3) is 0.647. The predicted octanol–water partition coefficient (Wildman–Crippen LogP) is 2.89. The van der Waals surface area contributed by atoms with Crippen LogP contribution in [-0.4, -0.2) is 45.1 Å². The Morgan fingerprint density at radius 3 is 2.52 bits per heavy atom. The van der Waals surface area contributed by atoms with Gasteiger partial charge in [-0.2, -0.15) is 0 Å². The van der Waals surface area contributed by atoms with Gasteiger partial charge in [-0.25, -0.2) is 0 Å². The molecule has 0 aromatic heterocycles. The quantitative estimate of drug-likeness (QED) is 0.873. The van der Waals surface area contributed by atoms with E-state index < -0.39 is 0 Å². The number of rotatable bonds is 6. The Kier molecular flexibility index (Phi) is 4.66. The zero-order chi connectivity index (χ0) is 14.7. The lowest BCUT2D eigenvalue weighted by Gasteiger charge is -2.43. The Hall–Kier alpha value is -1.26. The molecule has 2 aliphatic rings. The van der Waals surface area contributed by atoms with Crippen molar-refractivity contribution in [3.8, 4) is 0 Å². The molecule has 1 aromatic rings. The second-order valence-electron chi connectivity index (χ2n) is 5.92. The summed E-state index contributed by atoms with van der Waals surface area (Å²) in [6, 6.07) is 9.13. The molecule has 4 nitrogen and oxygen atoms in total. The van der Waals surface area contributed by atoms with Crippen LogP contribution in [0.2, 0.25) is 0 Å². The van der Waals surface area contributed by atoms with Gasteiger partial charge >= 0.3 is 0 Å². The van der Waals surface area contributed by atoms with Crippen LogP contribution in [0.3, 0.4) is 0 Å². The van der Waals surface area contributed by atoms with Crippen molar-refractivity contribution in [3.63, 3.8) is 0 Å². The average molecular weight is 290 g/mol. The second kappa shape index (κ2) is 6.67. The molecule has 0 bridgehead atoms. The maximum atomic E-state index is 5.66. The molecule has 0 amide bonds. The van der Waals surface area contributed by atoms with Crippen molar-refractivity contribution in [2.75, 3.05) is 37.0 Å². The summed E-state index contributed by atoms with van der Waals surface area (Å²) in [6.45, 7) is 5.17. The minimum atomic E-state index is 0.156. The summed E-state index contributed by atoms with van der Waals surface area (Å²) in [5.41, 5.74) is 2.50. The van der Waals surface area contributed by atoms with Crippen molar-refractivity contribution in [2.24, 2.45) is 0 Å². The number of hydrogen-bond donors (Lipinski definition) is 1. The molecule has 1 saturated heterocycles. The number of anilines is 2. The molecule has 1 aliphatic heterocycles. The summed E-state index contributed by atoms with van der Waals surface area (Å²) in [5, 5.41) is 3.56. The van der Waals surface area contributed by atoms with E-state index in [9.17, 15) is 0 Å². The topological polar surface area (TPSA) is 33.7 Å². The lowest BCUT2D eigenvalue weighted by atomic mass is 9.85. The van der Waals surface area contributed by atoms with Gasteiger partial charge in [-0.3, -0.25) is 0 Å². The van der Waals surface area contributed by atoms with Crippen LogP contribution in [0, 0.1) is 0 Å². The highest BCUT2D eigenvalue weighted by Crippen LogP contribution is 2.30. The fourth-order valence-electron chi connectivity index (χ4n) is 3.37. The third-order valence-corrected chi connectivity index (χ3v) is 4.59. The number of nitrogens with one attached hydrogen (secondary N) is 1. The largest absolute Gasteiger partial charge is 0.379 e. The molecule has 21 heavy (non-hydrogen) atoms. The Morgan fingerprint density at radius 1 is 1.19 bits per heavy atom. The Balaban J connectivity index is 1.56. The number of methoxy groups -OCH3 is 1. The summed E-state index contributed by atoms with van der Waals surface area (Å²) in [7, 11) is 1.76. The van der Waals surface area contributed by atoms with E-state index in [1.165, 1.54) is 37.3 Å². The highest BCUT2D eigenvalue weighted by atomic mass is 16.5. The number of ether oxygens (including phenoxy) is 2. The summed E-state index contributed by atoms with van der Waals surface area (Å²) >= 11 is 0. The summed E-state index contributed by atoms with van der Waals surface area (Å²) in [6.07, 6.45) is 4.04. The van der Waals surface area contributed by atoms with E-state index in [-0.39, 0.29) is 12.2 Å². The van der Waals surface area contributed by atoms with Gasteiger partial charge in [0.05, 0.1) is 12.1 Å². The molecule has 0 spiro atoms. The first-order valence-corrected chi connectivity index (χ1v) is 8.07. The Morgan fingerprint density at radius 2 is 1.90 bits per heavy atom. The lowest BCUT2D eigenvalue weighted by Crippen LogP contribution is -2.56. The van der Waals surface area contributed by atoms with E-state index in [0.29, 0.717) is 6.04 Å². The zero-order valence-electron chi connectivity index (χ0n) is 13.0. The fourth-order valence-corrected chi connectivity index (χ4v) is 3.37. The van der Waals surface area contributed by atoms with Crippen molar-refractivity contribution in [3.05, 3.63) is 24.3 Å². The van der Waals surface area contributed by atoms with Gasteiger partial charge in [0.2, 0.25) is 0 Å². The molecule has 1 aliphatic carbocycles. The normalized spacial score (nSPS) is 28.5. The minimum Gasteiger partial charge on any atom is -0.379 e. The minimum absolute atomic E-state index is 0.156. The maximum absolute atomic E-state index is 5.66.